The molecule has 0 radical (unpaired) electrons. The molecule has 0 unspecified atom stereocenters. The van der Waals surface area contributed by atoms with Gasteiger partial charge < -0.3 is 0 Å². The predicted octanol–water partition coefficient (Wildman–Crippen LogP) is 14.2. The summed E-state index contributed by atoms with van der Waals surface area (Å²) < 4.78 is 0. The first-order chi connectivity index (χ1) is 20.4. The summed E-state index contributed by atoms with van der Waals surface area (Å²) in [5.41, 5.74) is 0. The van der Waals surface area contributed by atoms with Gasteiger partial charge >= 0.3 is 0 Å². The third-order valence-electron chi connectivity index (χ3n) is 8.76. The zero-order chi connectivity index (χ0) is 29.6. The lowest BCUT2D eigenvalue weighted by molar-refractivity contribution is -0.512. The second-order valence-corrected chi connectivity index (χ2v) is 13.0. The second-order valence-electron chi connectivity index (χ2n) is 13.0. The Bertz CT molecular complexity index is 390. The van der Waals surface area contributed by atoms with Crippen LogP contribution >= 0.6 is 0 Å². The Hall–Kier alpha value is -0.120. The van der Waals surface area contributed by atoms with Crippen LogP contribution < -0.4 is 0 Å². The summed E-state index contributed by atoms with van der Waals surface area (Å²) in [6.45, 7) is 5.89. The molecule has 0 aliphatic heterocycles. The van der Waals surface area contributed by atoms with Crippen LogP contribution in [0.2, 0.25) is 0 Å². The van der Waals surface area contributed by atoms with Gasteiger partial charge in [-0.25, -0.2) is 9.78 Å². The highest BCUT2D eigenvalue weighted by molar-refractivity contribution is 4.51. The van der Waals surface area contributed by atoms with Crippen molar-refractivity contribution in [2.24, 2.45) is 0 Å². The Morgan fingerprint density at radius 2 is 0.390 bits per heavy atom. The number of hydrogen-bond donors (Lipinski definition) is 0. The number of hydrogen-bond acceptors (Lipinski definition) is 3. The molecule has 0 rings (SSSR count). The monoisotopic (exact) mass is 583 g/mol. The normalized spacial score (nSPS) is 11.6. The van der Waals surface area contributed by atoms with E-state index < -0.39 is 0 Å². The lowest BCUT2D eigenvalue weighted by atomic mass is 10.0. The van der Waals surface area contributed by atoms with Gasteiger partial charge in [0.15, 0.2) is 0 Å². The van der Waals surface area contributed by atoms with Gasteiger partial charge in [0, 0.05) is 0 Å². The Kier molecular flexibility index (Phi) is 39.8. The van der Waals surface area contributed by atoms with Gasteiger partial charge in [-0.05, 0) is 12.8 Å². The van der Waals surface area contributed by atoms with Crippen molar-refractivity contribution < 1.29 is 14.8 Å². The fraction of sp³-hybridized carbons (Fsp3) is 1.00. The van der Waals surface area contributed by atoms with E-state index in [0.29, 0.717) is 13.2 Å². The minimum atomic E-state index is 0.650. The van der Waals surface area contributed by atoms with E-state index >= 15 is 0 Å². The lowest BCUT2D eigenvalue weighted by Gasteiger charge is -2.05. The van der Waals surface area contributed by atoms with Crippen LogP contribution in [-0.4, -0.2) is 13.2 Å². The highest BCUT2D eigenvalue weighted by Gasteiger charge is 1.98. The standard InChI is InChI=1S/C38H78O3/c1-3-5-7-9-11-13-15-17-19-21-23-25-27-29-31-33-35-37-39-41-40-38-36-34-32-30-28-26-24-22-20-18-16-14-12-10-8-6-4-2/h3-38H2,1-2H3. The summed E-state index contributed by atoms with van der Waals surface area (Å²) in [5.74, 6) is 0. The van der Waals surface area contributed by atoms with Crippen molar-refractivity contribution in [1.82, 2.24) is 0 Å². The second kappa shape index (κ2) is 39.9. The Balaban J connectivity index is 3.02. The van der Waals surface area contributed by atoms with Crippen molar-refractivity contribution in [2.75, 3.05) is 13.2 Å². The Morgan fingerprint density at radius 3 is 0.585 bits per heavy atom. The quantitative estimate of drug-likeness (QED) is 0.0411. The van der Waals surface area contributed by atoms with E-state index in [4.69, 9.17) is 14.8 Å². The van der Waals surface area contributed by atoms with Gasteiger partial charge in [0.1, 0.15) is 0 Å². The molecule has 0 aromatic carbocycles. The maximum atomic E-state index is 5.17. The molecule has 0 spiro atoms. The van der Waals surface area contributed by atoms with Crippen LogP contribution in [0, 0.1) is 0 Å². The first-order valence-corrected chi connectivity index (χ1v) is 19.3. The van der Waals surface area contributed by atoms with Crippen molar-refractivity contribution in [1.29, 1.82) is 0 Å². The summed E-state index contributed by atoms with van der Waals surface area (Å²) in [6, 6.07) is 0. The molecule has 0 saturated carbocycles. The van der Waals surface area contributed by atoms with E-state index in [1.165, 1.54) is 205 Å². The molecule has 0 saturated heterocycles. The highest BCUT2D eigenvalue weighted by Crippen LogP contribution is 2.15. The maximum Gasteiger partial charge on any atom is 0.0853 e. The van der Waals surface area contributed by atoms with Crippen molar-refractivity contribution in [3.8, 4) is 0 Å². The molecule has 41 heavy (non-hydrogen) atoms. The van der Waals surface area contributed by atoms with Crippen LogP contribution in [0.15, 0.2) is 0 Å². The molecular formula is C38H78O3. The number of unbranched alkanes of at least 4 members (excludes halogenated alkanes) is 32. The van der Waals surface area contributed by atoms with Gasteiger partial charge in [-0.15, -0.1) is 0 Å². The van der Waals surface area contributed by atoms with Crippen LogP contribution in [0.4, 0.5) is 0 Å². The van der Waals surface area contributed by atoms with Gasteiger partial charge in [0.2, 0.25) is 0 Å². The largest absolute Gasteiger partial charge is 0.206 e. The van der Waals surface area contributed by atoms with Crippen LogP contribution in [-0.2, 0) is 14.8 Å². The molecule has 0 aliphatic carbocycles. The fourth-order valence-corrected chi connectivity index (χ4v) is 5.87. The van der Waals surface area contributed by atoms with Crippen molar-refractivity contribution in [3.63, 3.8) is 0 Å². The molecule has 0 fully saturated rings. The van der Waals surface area contributed by atoms with Crippen molar-refractivity contribution in [2.45, 2.75) is 232 Å². The molecule has 0 heterocycles. The topological polar surface area (TPSA) is 27.7 Å². The molecular weight excluding hydrogens is 504 g/mol. The molecule has 0 N–H and O–H groups in total. The van der Waals surface area contributed by atoms with E-state index in [9.17, 15) is 0 Å². The van der Waals surface area contributed by atoms with Gasteiger partial charge in [-0.1, -0.05) is 224 Å². The molecule has 0 aromatic rings. The van der Waals surface area contributed by atoms with Gasteiger partial charge in [-0.2, -0.15) is 0 Å². The van der Waals surface area contributed by atoms with E-state index in [1.807, 2.05) is 0 Å². The highest BCUT2D eigenvalue weighted by atomic mass is 17.5. The maximum absolute atomic E-state index is 5.17. The van der Waals surface area contributed by atoms with Crippen LogP contribution in [0.3, 0.4) is 0 Å². The first-order valence-electron chi connectivity index (χ1n) is 19.3. The smallest absolute Gasteiger partial charge is 0.0853 e. The zero-order valence-electron chi connectivity index (χ0n) is 28.7. The Labute approximate surface area is 259 Å². The average Bonchev–Trinajstić information content (AvgIpc) is 2.98. The van der Waals surface area contributed by atoms with Crippen LogP contribution in [0.25, 0.3) is 0 Å². The summed E-state index contributed by atoms with van der Waals surface area (Å²) in [6.07, 6.45) is 47.4. The summed E-state index contributed by atoms with van der Waals surface area (Å²) in [5, 5.41) is 4.89. The molecule has 0 bridgehead atoms. The molecule has 0 aromatic heterocycles. The van der Waals surface area contributed by atoms with Gasteiger partial charge in [0.25, 0.3) is 0 Å². The van der Waals surface area contributed by atoms with Crippen LogP contribution in [0.5, 0.6) is 0 Å². The lowest BCUT2D eigenvalue weighted by Crippen LogP contribution is -2.00. The summed E-state index contributed by atoms with van der Waals surface area (Å²) >= 11 is 0. The predicted molar refractivity (Wildman–Crippen MR) is 181 cm³/mol. The third-order valence-corrected chi connectivity index (χ3v) is 8.76. The Morgan fingerprint density at radius 1 is 0.220 bits per heavy atom. The fourth-order valence-electron chi connectivity index (χ4n) is 5.87. The zero-order valence-corrected chi connectivity index (χ0v) is 28.7. The van der Waals surface area contributed by atoms with E-state index in [1.54, 1.807) is 0 Å². The molecule has 3 heteroatoms. The van der Waals surface area contributed by atoms with E-state index in [0.717, 1.165) is 12.8 Å². The minimum Gasteiger partial charge on any atom is -0.206 e. The van der Waals surface area contributed by atoms with Gasteiger partial charge in [0.05, 0.1) is 13.2 Å². The molecule has 0 amide bonds. The molecule has 0 atom stereocenters. The van der Waals surface area contributed by atoms with Crippen molar-refractivity contribution in [3.05, 3.63) is 0 Å². The molecule has 0 aliphatic rings. The van der Waals surface area contributed by atoms with E-state index in [2.05, 4.69) is 13.8 Å². The third kappa shape index (κ3) is 39.9. The molecule has 248 valence electrons. The SMILES string of the molecule is CCCCCCCCCCCCCCCCCCCOOOCCCCCCCCCCCCCCCCCCC. The summed E-state index contributed by atoms with van der Waals surface area (Å²) in [4.78, 5) is 10.3. The van der Waals surface area contributed by atoms with Gasteiger partial charge in [-0.3, -0.25) is 0 Å². The minimum absolute atomic E-state index is 0.650. The van der Waals surface area contributed by atoms with Crippen molar-refractivity contribution >= 4 is 0 Å². The first kappa shape index (κ1) is 40.9. The van der Waals surface area contributed by atoms with Crippen LogP contribution in [0.1, 0.15) is 232 Å². The number of rotatable bonds is 38. The van der Waals surface area contributed by atoms with E-state index in [-0.39, 0.29) is 0 Å². The summed E-state index contributed by atoms with van der Waals surface area (Å²) in [7, 11) is 0. The molecule has 3 nitrogen and oxygen atoms in total. The average molecular weight is 583 g/mol.